The predicted octanol–water partition coefficient (Wildman–Crippen LogP) is 1.97. The van der Waals surface area contributed by atoms with E-state index in [1.54, 1.807) is 7.11 Å². The maximum atomic E-state index is 12.1. The molecule has 1 amide bonds. The van der Waals surface area contributed by atoms with Crippen molar-refractivity contribution in [3.63, 3.8) is 0 Å². The molecule has 0 saturated heterocycles. The third kappa shape index (κ3) is 4.72. The summed E-state index contributed by atoms with van der Waals surface area (Å²) in [5.41, 5.74) is 1.16. The molecule has 1 aromatic carbocycles. The first-order valence-corrected chi connectivity index (χ1v) is 8.32. The Labute approximate surface area is 140 Å². The lowest BCUT2D eigenvalue weighted by atomic mass is 10.1. The maximum Gasteiger partial charge on any atom is 0.233 e. The lowest BCUT2D eigenvalue weighted by Gasteiger charge is -2.11. The van der Waals surface area contributed by atoms with E-state index in [0.717, 1.165) is 28.7 Å². The third-order valence-corrected chi connectivity index (χ3v) is 4.71. The second-order valence-electron chi connectivity index (χ2n) is 5.24. The van der Waals surface area contributed by atoms with Crippen molar-refractivity contribution in [1.29, 1.82) is 0 Å². The highest BCUT2D eigenvalue weighted by molar-refractivity contribution is 8.00. The zero-order chi connectivity index (χ0) is 16.8. The van der Waals surface area contributed by atoms with Crippen LogP contribution in [0.1, 0.15) is 18.3 Å². The van der Waals surface area contributed by atoms with Crippen LogP contribution in [-0.2, 0) is 18.3 Å². The van der Waals surface area contributed by atoms with E-state index >= 15 is 0 Å². The molecule has 0 saturated carbocycles. The number of ether oxygens (including phenoxy) is 1. The van der Waals surface area contributed by atoms with Crippen LogP contribution >= 0.6 is 11.8 Å². The van der Waals surface area contributed by atoms with E-state index in [4.69, 9.17) is 4.74 Å². The van der Waals surface area contributed by atoms with Crippen molar-refractivity contribution >= 4 is 17.7 Å². The van der Waals surface area contributed by atoms with Gasteiger partial charge >= 0.3 is 0 Å². The monoisotopic (exact) mass is 334 g/mol. The molecule has 124 valence electrons. The van der Waals surface area contributed by atoms with Gasteiger partial charge in [0.25, 0.3) is 0 Å². The van der Waals surface area contributed by atoms with Gasteiger partial charge in [0, 0.05) is 13.6 Å². The minimum absolute atomic E-state index is 0.00386. The number of nitrogens with zero attached hydrogens (tertiary/aromatic N) is 3. The molecule has 0 spiro atoms. The highest BCUT2D eigenvalue weighted by atomic mass is 32.2. The molecule has 0 bridgehead atoms. The lowest BCUT2D eigenvalue weighted by molar-refractivity contribution is -0.120. The number of hydrogen-bond donors (Lipinski definition) is 1. The number of aryl methyl sites for hydroxylation is 1. The van der Waals surface area contributed by atoms with Gasteiger partial charge in [-0.25, -0.2) is 0 Å². The Bertz CT molecular complexity index is 655. The van der Waals surface area contributed by atoms with Gasteiger partial charge in [0.2, 0.25) is 5.91 Å². The number of carbonyl (C=O) groups excluding carboxylic acids is 1. The fourth-order valence-corrected chi connectivity index (χ4v) is 2.85. The summed E-state index contributed by atoms with van der Waals surface area (Å²) in [7, 11) is 3.54. The molecule has 1 atom stereocenters. The summed E-state index contributed by atoms with van der Waals surface area (Å²) >= 11 is 1.41. The van der Waals surface area contributed by atoms with E-state index in [9.17, 15) is 4.79 Å². The average molecular weight is 334 g/mol. The maximum absolute atomic E-state index is 12.1. The van der Waals surface area contributed by atoms with Crippen LogP contribution in [0.2, 0.25) is 0 Å². The van der Waals surface area contributed by atoms with Gasteiger partial charge in [-0.1, -0.05) is 23.9 Å². The fraction of sp³-hybridized carbons (Fsp3) is 0.438. The van der Waals surface area contributed by atoms with Gasteiger partial charge in [-0.05, 0) is 38.0 Å². The van der Waals surface area contributed by atoms with E-state index in [1.165, 1.54) is 11.8 Å². The molecule has 0 aliphatic heterocycles. The molecule has 0 unspecified atom stereocenters. The van der Waals surface area contributed by atoms with Crippen LogP contribution in [0.4, 0.5) is 0 Å². The summed E-state index contributed by atoms with van der Waals surface area (Å²) < 4.78 is 7.01. The summed E-state index contributed by atoms with van der Waals surface area (Å²) in [5.74, 6) is 1.67. The van der Waals surface area contributed by atoms with Gasteiger partial charge in [-0.2, -0.15) is 0 Å². The lowest BCUT2D eigenvalue weighted by Crippen LogP contribution is -2.32. The van der Waals surface area contributed by atoms with Crippen LogP contribution in [0.15, 0.2) is 29.4 Å². The number of nitrogens with one attached hydrogen (secondary N) is 1. The Morgan fingerprint density at radius 3 is 2.61 bits per heavy atom. The van der Waals surface area contributed by atoms with Crippen LogP contribution in [-0.4, -0.2) is 39.6 Å². The normalized spacial score (nSPS) is 12.0. The van der Waals surface area contributed by atoms with Crippen molar-refractivity contribution in [1.82, 2.24) is 20.1 Å². The Kier molecular flexibility index (Phi) is 6.04. The molecule has 1 N–H and O–H groups in total. The molecule has 7 heteroatoms. The molecule has 2 rings (SSSR count). The first-order chi connectivity index (χ1) is 11.0. The molecule has 23 heavy (non-hydrogen) atoms. The largest absolute Gasteiger partial charge is 0.497 e. The van der Waals surface area contributed by atoms with Crippen molar-refractivity contribution in [2.24, 2.45) is 7.05 Å². The number of methoxy groups -OCH3 is 1. The topological polar surface area (TPSA) is 69.0 Å². The fourth-order valence-electron chi connectivity index (χ4n) is 1.97. The Morgan fingerprint density at radius 1 is 1.35 bits per heavy atom. The number of amides is 1. The molecular weight excluding hydrogens is 312 g/mol. The van der Waals surface area contributed by atoms with Crippen LogP contribution in [0.3, 0.4) is 0 Å². The van der Waals surface area contributed by atoms with E-state index in [2.05, 4.69) is 15.5 Å². The number of carbonyl (C=O) groups is 1. The quantitative estimate of drug-likeness (QED) is 0.784. The van der Waals surface area contributed by atoms with Crippen molar-refractivity contribution in [2.45, 2.75) is 30.7 Å². The molecule has 0 radical (unpaired) electrons. The van der Waals surface area contributed by atoms with Crippen molar-refractivity contribution < 1.29 is 9.53 Å². The van der Waals surface area contributed by atoms with Crippen LogP contribution in [0.25, 0.3) is 0 Å². The number of rotatable bonds is 7. The van der Waals surface area contributed by atoms with Gasteiger partial charge in [-0.3, -0.25) is 4.79 Å². The van der Waals surface area contributed by atoms with Crippen molar-refractivity contribution in [3.05, 3.63) is 35.7 Å². The molecule has 0 fully saturated rings. The minimum atomic E-state index is -0.215. The first kappa shape index (κ1) is 17.3. The second kappa shape index (κ2) is 8.01. The number of thioether (sulfide) groups is 1. The van der Waals surface area contributed by atoms with Gasteiger partial charge in [0.05, 0.1) is 12.4 Å². The van der Waals surface area contributed by atoms with Gasteiger partial charge in [0.1, 0.15) is 11.6 Å². The smallest absolute Gasteiger partial charge is 0.233 e. The van der Waals surface area contributed by atoms with E-state index in [1.807, 2.05) is 49.7 Å². The summed E-state index contributed by atoms with van der Waals surface area (Å²) in [6.07, 6.45) is 0.788. The molecule has 2 aromatic rings. The highest BCUT2D eigenvalue weighted by Crippen LogP contribution is 2.21. The van der Waals surface area contributed by atoms with Crippen LogP contribution < -0.4 is 10.1 Å². The van der Waals surface area contributed by atoms with Gasteiger partial charge < -0.3 is 14.6 Å². The number of hydrogen-bond acceptors (Lipinski definition) is 5. The molecule has 1 heterocycles. The Balaban J connectivity index is 1.78. The van der Waals surface area contributed by atoms with Crippen molar-refractivity contribution in [3.8, 4) is 5.75 Å². The summed E-state index contributed by atoms with van der Waals surface area (Å²) in [5, 5.41) is 11.6. The van der Waals surface area contributed by atoms with Crippen molar-refractivity contribution in [2.75, 3.05) is 13.7 Å². The van der Waals surface area contributed by atoms with E-state index in [0.29, 0.717) is 6.54 Å². The number of aromatic nitrogens is 3. The molecule has 0 aliphatic carbocycles. The Morgan fingerprint density at radius 2 is 2.04 bits per heavy atom. The standard InChI is InChI=1S/C16H22N4O2S/c1-11(23-16-19-18-12(2)20(16)3)15(21)17-10-9-13-5-7-14(22-4)8-6-13/h5-8,11H,9-10H2,1-4H3,(H,17,21)/t11-/m0/s1. The summed E-state index contributed by atoms with van der Waals surface area (Å²) in [4.78, 5) is 12.1. The molecule has 1 aromatic heterocycles. The van der Waals surface area contributed by atoms with Gasteiger partial charge in [0.15, 0.2) is 5.16 Å². The average Bonchev–Trinajstić information content (AvgIpc) is 2.87. The first-order valence-electron chi connectivity index (χ1n) is 7.44. The zero-order valence-electron chi connectivity index (χ0n) is 13.9. The summed E-state index contributed by atoms with van der Waals surface area (Å²) in [6.45, 7) is 4.36. The van der Waals surface area contributed by atoms with Crippen LogP contribution in [0.5, 0.6) is 5.75 Å². The number of benzene rings is 1. The zero-order valence-corrected chi connectivity index (χ0v) is 14.7. The minimum Gasteiger partial charge on any atom is -0.497 e. The molecule has 6 nitrogen and oxygen atoms in total. The molecule has 0 aliphatic rings. The predicted molar refractivity (Wildman–Crippen MR) is 90.8 cm³/mol. The van der Waals surface area contributed by atoms with Gasteiger partial charge in [-0.15, -0.1) is 10.2 Å². The highest BCUT2D eigenvalue weighted by Gasteiger charge is 2.17. The Hall–Kier alpha value is -2.02. The molecular formula is C16H22N4O2S. The van der Waals surface area contributed by atoms with Crippen LogP contribution in [0, 0.1) is 6.92 Å². The van der Waals surface area contributed by atoms with E-state index < -0.39 is 0 Å². The third-order valence-electron chi connectivity index (χ3n) is 3.58. The SMILES string of the molecule is COc1ccc(CCNC(=O)[C@H](C)Sc2nnc(C)n2C)cc1. The van der Waals surface area contributed by atoms with E-state index in [-0.39, 0.29) is 11.2 Å². The summed E-state index contributed by atoms with van der Waals surface area (Å²) in [6, 6.07) is 7.86. The second-order valence-corrected chi connectivity index (χ2v) is 6.55.